The monoisotopic (exact) mass is 273 g/mol. The van der Waals surface area contributed by atoms with Crippen LogP contribution in [0.2, 0.25) is 0 Å². The van der Waals surface area contributed by atoms with Gasteiger partial charge < -0.3 is 9.88 Å². The molecule has 0 bridgehead atoms. The van der Waals surface area contributed by atoms with E-state index < -0.39 is 14.6 Å². The summed E-state index contributed by atoms with van der Waals surface area (Å²) in [7, 11) is -1.42. The molecule has 6 heteroatoms. The molecule has 18 heavy (non-hydrogen) atoms. The van der Waals surface area contributed by atoms with E-state index in [1.54, 1.807) is 27.1 Å². The highest BCUT2D eigenvalue weighted by atomic mass is 32.2. The van der Waals surface area contributed by atoms with Gasteiger partial charge in [0.15, 0.2) is 9.84 Å². The Bertz CT molecular complexity index is 491. The lowest BCUT2D eigenvalue weighted by Gasteiger charge is -2.32. The molecule has 0 amide bonds. The standard InChI is InChI=1S/C12H23N3O2S/c1-6-8-15-9-7-14-11(15)10(13-4)12(2,3)18(5,16)17/h7,9-10,13H,6,8H2,1-5H3. The van der Waals surface area contributed by atoms with E-state index in [-0.39, 0.29) is 6.04 Å². The fraction of sp³-hybridized carbons (Fsp3) is 0.750. The lowest BCUT2D eigenvalue weighted by atomic mass is 10.0. The summed E-state index contributed by atoms with van der Waals surface area (Å²) in [6.45, 7) is 6.39. The van der Waals surface area contributed by atoms with Gasteiger partial charge in [-0.15, -0.1) is 0 Å². The molecular weight excluding hydrogens is 250 g/mol. The van der Waals surface area contributed by atoms with Gasteiger partial charge in [0.25, 0.3) is 0 Å². The second-order valence-corrected chi connectivity index (χ2v) is 7.67. The molecular formula is C12H23N3O2S. The Balaban J connectivity index is 3.22. The van der Waals surface area contributed by atoms with Crippen molar-refractivity contribution in [1.82, 2.24) is 14.9 Å². The van der Waals surface area contributed by atoms with Crippen molar-refractivity contribution in [3.05, 3.63) is 18.2 Å². The number of hydrogen-bond donors (Lipinski definition) is 1. The van der Waals surface area contributed by atoms with Gasteiger partial charge in [-0.25, -0.2) is 13.4 Å². The maximum absolute atomic E-state index is 11.9. The average molecular weight is 273 g/mol. The summed E-state index contributed by atoms with van der Waals surface area (Å²) in [6, 6.07) is -0.325. The van der Waals surface area contributed by atoms with Crippen LogP contribution in [0.4, 0.5) is 0 Å². The molecule has 0 saturated carbocycles. The summed E-state index contributed by atoms with van der Waals surface area (Å²) in [6.07, 6.45) is 5.86. The third-order valence-electron chi connectivity index (χ3n) is 3.41. The van der Waals surface area contributed by atoms with Crippen LogP contribution in [0.15, 0.2) is 12.4 Å². The first-order chi connectivity index (χ1) is 8.25. The van der Waals surface area contributed by atoms with Crippen molar-refractivity contribution in [2.75, 3.05) is 13.3 Å². The first-order valence-electron chi connectivity index (χ1n) is 6.13. The smallest absolute Gasteiger partial charge is 0.154 e. The maximum atomic E-state index is 11.9. The van der Waals surface area contributed by atoms with Crippen LogP contribution >= 0.6 is 0 Å². The van der Waals surface area contributed by atoms with Crippen molar-refractivity contribution in [2.24, 2.45) is 0 Å². The van der Waals surface area contributed by atoms with Gasteiger partial charge in [-0.3, -0.25) is 0 Å². The molecule has 0 aliphatic heterocycles. The highest BCUT2D eigenvalue weighted by Crippen LogP contribution is 2.31. The van der Waals surface area contributed by atoms with E-state index in [1.807, 2.05) is 10.8 Å². The van der Waals surface area contributed by atoms with Crippen LogP contribution in [0, 0.1) is 0 Å². The minimum Gasteiger partial charge on any atom is -0.334 e. The highest BCUT2D eigenvalue weighted by molar-refractivity contribution is 7.92. The lowest BCUT2D eigenvalue weighted by Crippen LogP contribution is -2.45. The minimum absolute atomic E-state index is 0.325. The van der Waals surface area contributed by atoms with Crippen LogP contribution in [0.5, 0.6) is 0 Å². The molecule has 0 aliphatic rings. The third-order valence-corrected chi connectivity index (χ3v) is 5.56. The molecule has 0 fully saturated rings. The number of nitrogens with zero attached hydrogens (tertiary/aromatic N) is 2. The predicted molar refractivity (Wildman–Crippen MR) is 73.2 cm³/mol. The summed E-state index contributed by atoms with van der Waals surface area (Å²) in [5, 5.41) is 3.09. The number of hydrogen-bond acceptors (Lipinski definition) is 4. The van der Waals surface area contributed by atoms with Crippen molar-refractivity contribution >= 4 is 9.84 Å². The van der Waals surface area contributed by atoms with Gasteiger partial charge in [0.05, 0.1) is 10.8 Å². The summed E-state index contributed by atoms with van der Waals surface area (Å²) in [5.74, 6) is 0.773. The number of imidazole rings is 1. The minimum atomic E-state index is -3.19. The van der Waals surface area contributed by atoms with Gasteiger partial charge in [-0.2, -0.15) is 0 Å². The zero-order valence-electron chi connectivity index (χ0n) is 11.8. The number of sulfone groups is 1. The van der Waals surface area contributed by atoms with E-state index in [0.29, 0.717) is 0 Å². The highest BCUT2D eigenvalue weighted by Gasteiger charge is 2.41. The second-order valence-electron chi connectivity index (χ2n) is 5.08. The SMILES string of the molecule is CCCn1ccnc1C(NC)C(C)(C)S(C)(=O)=O. The number of nitrogens with one attached hydrogen (secondary N) is 1. The van der Waals surface area contributed by atoms with Crippen molar-refractivity contribution in [1.29, 1.82) is 0 Å². The molecule has 1 atom stereocenters. The zero-order valence-corrected chi connectivity index (χ0v) is 12.6. The molecule has 0 radical (unpaired) electrons. The van der Waals surface area contributed by atoms with E-state index in [1.165, 1.54) is 6.26 Å². The van der Waals surface area contributed by atoms with Gasteiger partial charge in [0.1, 0.15) is 5.82 Å². The van der Waals surface area contributed by atoms with Crippen LogP contribution in [0.1, 0.15) is 39.1 Å². The average Bonchev–Trinajstić information content (AvgIpc) is 2.66. The molecule has 0 spiro atoms. The molecule has 1 aromatic heterocycles. The lowest BCUT2D eigenvalue weighted by molar-refractivity contribution is 0.413. The van der Waals surface area contributed by atoms with Crippen LogP contribution in [-0.2, 0) is 16.4 Å². The first kappa shape index (κ1) is 15.2. The van der Waals surface area contributed by atoms with E-state index in [4.69, 9.17) is 0 Å². The summed E-state index contributed by atoms with van der Waals surface area (Å²) < 4.78 is 25.0. The number of rotatable bonds is 6. The van der Waals surface area contributed by atoms with E-state index in [2.05, 4.69) is 17.2 Å². The Labute approximate surface area is 110 Å². The van der Waals surface area contributed by atoms with Crippen molar-refractivity contribution in [2.45, 2.75) is 44.5 Å². The van der Waals surface area contributed by atoms with Crippen LogP contribution < -0.4 is 5.32 Å². The molecule has 1 N–H and O–H groups in total. The van der Waals surface area contributed by atoms with E-state index in [0.717, 1.165) is 18.8 Å². The van der Waals surface area contributed by atoms with E-state index in [9.17, 15) is 8.42 Å². The molecule has 1 rings (SSSR count). The molecule has 1 heterocycles. The predicted octanol–water partition coefficient (Wildman–Crippen LogP) is 1.38. The number of aryl methyl sites for hydroxylation is 1. The van der Waals surface area contributed by atoms with E-state index >= 15 is 0 Å². The summed E-state index contributed by atoms with van der Waals surface area (Å²) in [5.41, 5.74) is 0. The number of aromatic nitrogens is 2. The van der Waals surface area contributed by atoms with Crippen LogP contribution in [0.3, 0.4) is 0 Å². The van der Waals surface area contributed by atoms with Gasteiger partial charge in [-0.05, 0) is 27.3 Å². The quantitative estimate of drug-likeness (QED) is 0.850. The Morgan fingerprint density at radius 2 is 2.11 bits per heavy atom. The molecule has 0 aliphatic carbocycles. The first-order valence-corrected chi connectivity index (χ1v) is 8.02. The van der Waals surface area contributed by atoms with Crippen molar-refractivity contribution in [3.8, 4) is 0 Å². The molecule has 1 unspecified atom stereocenters. The zero-order chi connectivity index (χ0) is 14.0. The van der Waals surface area contributed by atoms with Gasteiger partial charge in [-0.1, -0.05) is 6.92 Å². The molecule has 104 valence electrons. The summed E-state index contributed by atoms with van der Waals surface area (Å²) >= 11 is 0. The van der Waals surface area contributed by atoms with Gasteiger partial charge in [0, 0.05) is 25.2 Å². The Hall–Kier alpha value is -0.880. The van der Waals surface area contributed by atoms with Gasteiger partial charge >= 0.3 is 0 Å². The third kappa shape index (κ3) is 2.75. The van der Waals surface area contributed by atoms with Crippen LogP contribution in [0.25, 0.3) is 0 Å². The van der Waals surface area contributed by atoms with Gasteiger partial charge in [0.2, 0.25) is 0 Å². The fourth-order valence-corrected chi connectivity index (χ4v) is 2.66. The Morgan fingerprint density at radius 1 is 1.50 bits per heavy atom. The Morgan fingerprint density at radius 3 is 2.56 bits per heavy atom. The van der Waals surface area contributed by atoms with Crippen molar-refractivity contribution < 1.29 is 8.42 Å². The molecule has 0 aromatic carbocycles. The fourth-order valence-electron chi connectivity index (χ4n) is 2.01. The molecule has 1 aromatic rings. The summed E-state index contributed by atoms with van der Waals surface area (Å²) in [4.78, 5) is 4.32. The molecule has 5 nitrogen and oxygen atoms in total. The topological polar surface area (TPSA) is 64.0 Å². The molecule has 0 saturated heterocycles. The van der Waals surface area contributed by atoms with Crippen molar-refractivity contribution in [3.63, 3.8) is 0 Å². The van der Waals surface area contributed by atoms with Crippen LogP contribution in [-0.4, -0.2) is 36.0 Å². The second kappa shape index (κ2) is 5.40. The maximum Gasteiger partial charge on any atom is 0.154 e. The normalized spacial score (nSPS) is 14.7. The Kier molecular flexibility index (Phi) is 4.55. The largest absolute Gasteiger partial charge is 0.334 e.